The molecule has 8 heteroatoms. The molecule has 7 nitrogen and oxygen atoms in total. The van der Waals surface area contributed by atoms with E-state index in [-0.39, 0.29) is 35.6 Å². The Bertz CT molecular complexity index is 821. The van der Waals surface area contributed by atoms with Crippen LogP contribution < -0.4 is 0 Å². The molecule has 0 radical (unpaired) electrons. The lowest BCUT2D eigenvalue weighted by atomic mass is 9.94. The zero-order valence-corrected chi connectivity index (χ0v) is 14.9. The molecule has 1 atom stereocenters. The largest absolute Gasteiger partial charge is 0.506 e. The lowest BCUT2D eigenvalue weighted by molar-refractivity contribution is -0.138. The molecule has 138 valence electrons. The van der Waals surface area contributed by atoms with Crippen LogP contribution in [0.4, 0.5) is 0 Å². The van der Waals surface area contributed by atoms with E-state index in [0.717, 1.165) is 24.1 Å². The summed E-state index contributed by atoms with van der Waals surface area (Å²) < 4.78 is 1.40. The van der Waals surface area contributed by atoms with Crippen LogP contribution in [0.3, 0.4) is 0 Å². The number of halogens is 1. The minimum atomic E-state index is -0.937. The maximum Gasteiger partial charge on any atom is 0.325 e. The molecule has 26 heavy (non-hydrogen) atoms. The first-order valence-electron chi connectivity index (χ1n) is 8.42. The Morgan fingerprint density at radius 1 is 1.31 bits per heavy atom. The molecule has 3 rings (SSSR count). The number of carbonyl (C=O) groups is 2. The van der Waals surface area contributed by atoms with Gasteiger partial charge >= 0.3 is 5.97 Å². The van der Waals surface area contributed by atoms with Crippen LogP contribution in [-0.4, -0.2) is 49.9 Å². The summed E-state index contributed by atoms with van der Waals surface area (Å²) in [5.41, 5.74) is 1.57. The zero-order valence-electron chi connectivity index (χ0n) is 14.1. The Labute approximate surface area is 155 Å². The van der Waals surface area contributed by atoms with Crippen molar-refractivity contribution in [2.45, 2.75) is 31.7 Å². The van der Waals surface area contributed by atoms with Gasteiger partial charge < -0.3 is 15.1 Å². The van der Waals surface area contributed by atoms with Crippen molar-refractivity contribution >= 4 is 23.5 Å². The second-order valence-corrected chi connectivity index (χ2v) is 6.88. The number of aliphatic carboxylic acids is 1. The van der Waals surface area contributed by atoms with Crippen LogP contribution in [0.2, 0.25) is 5.02 Å². The maximum absolute atomic E-state index is 12.6. The maximum atomic E-state index is 12.6. The molecule has 1 aromatic carbocycles. The average molecular weight is 378 g/mol. The van der Waals surface area contributed by atoms with Gasteiger partial charge in [0.25, 0.3) is 0 Å². The number of phenolic OH excluding ortho intramolecular Hbond substituents is 1. The number of carbonyl (C=O) groups excluding carboxylic acids is 1. The fourth-order valence-corrected chi connectivity index (χ4v) is 3.42. The van der Waals surface area contributed by atoms with E-state index in [1.165, 1.54) is 10.7 Å². The van der Waals surface area contributed by atoms with Crippen molar-refractivity contribution in [3.8, 4) is 5.75 Å². The van der Waals surface area contributed by atoms with E-state index in [9.17, 15) is 14.7 Å². The Morgan fingerprint density at radius 2 is 2.12 bits per heavy atom. The Kier molecular flexibility index (Phi) is 5.46. The van der Waals surface area contributed by atoms with Crippen LogP contribution in [0.25, 0.3) is 0 Å². The van der Waals surface area contributed by atoms with Gasteiger partial charge in [-0.2, -0.15) is 5.10 Å². The van der Waals surface area contributed by atoms with E-state index >= 15 is 0 Å². The molecule has 2 aromatic rings. The summed E-state index contributed by atoms with van der Waals surface area (Å²) in [6.07, 6.45) is 3.67. The number of nitrogens with zero attached hydrogens (tertiary/aromatic N) is 3. The van der Waals surface area contributed by atoms with E-state index in [2.05, 4.69) is 5.10 Å². The summed E-state index contributed by atoms with van der Waals surface area (Å²) in [7, 11) is 0. The van der Waals surface area contributed by atoms with E-state index in [1.54, 1.807) is 18.3 Å². The topological polar surface area (TPSA) is 95.7 Å². The highest BCUT2D eigenvalue weighted by molar-refractivity contribution is 6.32. The van der Waals surface area contributed by atoms with Gasteiger partial charge in [0.15, 0.2) is 0 Å². The molecular formula is C18H20ClN3O4. The monoisotopic (exact) mass is 377 g/mol. The molecule has 1 amide bonds. The second-order valence-electron chi connectivity index (χ2n) is 6.47. The molecule has 2 N–H and O–H groups in total. The van der Waals surface area contributed by atoms with Crippen molar-refractivity contribution in [1.29, 1.82) is 0 Å². The van der Waals surface area contributed by atoms with Crippen LogP contribution in [0.1, 0.15) is 30.0 Å². The predicted octanol–water partition coefficient (Wildman–Crippen LogP) is 2.28. The first kappa shape index (κ1) is 18.3. The zero-order chi connectivity index (χ0) is 18.7. The highest BCUT2D eigenvalue weighted by atomic mass is 35.5. The van der Waals surface area contributed by atoms with E-state index < -0.39 is 5.97 Å². The summed E-state index contributed by atoms with van der Waals surface area (Å²) in [5, 5.41) is 22.9. The number of rotatable bonds is 5. The summed E-state index contributed by atoms with van der Waals surface area (Å²) >= 11 is 5.90. The number of amides is 1. The van der Waals surface area contributed by atoms with Crippen molar-refractivity contribution in [2.24, 2.45) is 0 Å². The normalized spacial score (nSPS) is 17.3. The van der Waals surface area contributed by atoms with E-state index in [1.807, 2.05) is 11.0 Å². The Hall–Kier alpha value is -2.54. The van der Waals surface area contributed by atoms with Crippen LogP contribution in [-0.2, 0) is 22.6 Å². The summed E-state index contributed by atoms with van der Waals surface area (Å²) in [6, 6.07) is 6.60. The van der Waals surface area contributed by atoms with Crippen molar-refractivity contribution in [3.05, 3.63) is 46.7 Å². The third-order valence-electron chi connectivity index (χ3n) is 4.52. The van der Waals surface area contributed by atoms with Gasteiger partial charge in [0.2, 0.25) is 5.91 Å². The number of piperidine rings is 1. The fourth-order valence-electron chi connectivity index (χ4n) is 3.21. The standard InChI is InChI=1S/C18H20ClN3O4/c19-14-8-12(3-4-16(14)23)9-17(24)21-6-1-2-13(10-21)15-5-7-22(20-15)11-18(25)26/h3-5,7-8,13,23H,1-2,6,9-11H2,(H,25,26). The molecule has 2 heterocycles. The molecule has 1 aliphatic rings. The fraction of sp³-hybridized carbons (Fsp3) is 0.389. The molecule has 0 bridgehead atoms. The SMILES string of the molecule is O=C(O)Cn1ccc(C2CCCN(C(=O)Cc3ccc(O)c(Cl)c3)C2)n1. The second kappa shape index (κ2) is 7.78. The Balaban J connectivity index is 1.63. The number of likely N-dealkylation sites (tertiary alicyclic amines) is 1. The van der Waals surface area contributed by atoms with Crippen molar-refractivity contribution in [3.63, 3.8) is 0 Å². The quantitative estimate of drug-likeness (QED) is 0.833. The minimum absolute atomic E-state index is 0.00132. The molecule has 0 spiro atoms. The number of hydrogen-bond donors (Lipinski definition) is 2. The Morgan fingerprint density at radius 3 is 2.85 bits per heavy atom. The molecule has 1 aromatic heterocycles. The van der Waals surface area contributed by atoms with Gasteiger partial charge in [0.1, 0.15) is 12.3 Å². The smallest absolute Gasteiger partial charge is 0.325 e. The van der Waals surface area contributed by atoms with Crippen molar-refractivity contribution in [2.75, 3.05) is 13.1 Å². The van der Waals surface area contributed by atoms with Gasteiger partial charge in [0, 0.05) is 25.2 Å². The molecule has 1 aliphatic heterocycles. The van der Waals surface area contributed by atoms with Crippen LogP contribution >= 0.6 is 11.6 Å². The minimum Gasteiger partial charge on any atom is -0.506 e. The van der Waals surface area contributed by atoms with Crippen molar-refractivity contribution < 1.29 is 19.8 Å². The number of hydrogen-bond acceptors (Lipinski definition) is 4. The molecule has 1 fully saturated rings. The van der Waals surface area contributed by atoms with Gasteiger partial charge in [-0.1, -0.05) is 17.7 Å². The summed E-state index contributed by atoms with van der Waals surface area (Å²) in [4.78, 5) is 25.2. The number of aromatic hydroxyl groups is 1. The van der Waals surface area contributed by atoms with Gasteiger partial charge in [0.05, 0.1) is 17.1 Å². The van der Waals surface area contributed by atoms with Crippen LogP contribution in [0.15, 0.2) is 30.5 Å². The number of carboxylic acids is 1. The van der Waals surface area contributed by atoms with E-state index in [4.69, 9.17) is 16.7 Å². The highest BCUT2D eigenvalue weighted by Gasteiger charge is 2.26. The molecule has 0 saturated carbocycles. The van der Waals surface area contributed by atoms with Gasteiger partial charge in [-0.3, -0.25) is 14.3 Å². The van der Waals surface area contributed by atoms with Crippen LogP contribution in [0.5, 0.6) is 5.75 Å². The first-order chi connectivity index (χ1) is 12.4. The van der Waals surface area contributed by atoms with Gasteiger partial charge in [-0.05, 0) is 36.6 Å². The number of phenols is 1. The third kappa shape index (κ3) is 4.35. The summed E-state index contributed by atoms with van der Waals surface area (Å²) in [5.74, 6) is -0.835. The first-order valence-corrected chi connectivity index (χ1v) is 8.80. The number of carboxylic acid groups (broad SMARTS) is 1. The third-order valence-corrected chi connectivity index (χ3v) is 4.82. The number of benzene rings is 1. The van der Waals surface area contributed by atoms with Gasteiger partial charge in [-0.25, -0.2) is 0 Å². The van der Waals surface area contributed by atoms with E-state index in [0.29, 0.717) is 13.1 Å². The van der Waals surface area contributed by atoms with Gasteiger partial charge in [-0.15, -0.1) is 0 Å². The summed E-state index contributed by atoms with van der Waals surface area (Å²) in [6.45, 7) is 1.09. The molecule has 0 aliphatic carbocycles. The average Bonchev–Trinajstić information content (AvgIpc) is 3.06. The van der Waals surface area contributed by atoms with Crippen molar-refractivity contribution in [1.82, 2.24) is 14.7 Å². The molecule has 1 unspecified atom stereocenters. The lowest BCUT2D eigenvalue weighted by Crippen LogP contribution is -2.40. The molecular weight excluding hydrogens is 358 g/mol. The highest BCUT2D eigenvalue weighted by Crippen LogP contribution is 2.27. The number of aromatic nitrogens is 2. The lowest BCUT2D eigenvalue weighted by Gasteiger charge is -2.32. The van der Waals surface area contributed by atoms with Crippen LogP contribution in [0, 0.1) is 0 Å². The molecule has 1 saturated heterocycles. The predicted molar refractivity (Wildman–Crippen MR) is 95.2 cm³/mol.